The van der Waals surface area contributed by atoms with Gasteiger partial charge in [0.05, 0.1) is 13.2 Å². The molecule has 2 aliphatic heterocycles. The van der Waals surface area contributed by atoms with E-state index in [0.29, 0.717) is 32.4 Å². The van der Waals surface area contributed by atoms with Crippen molar-refractivity contribution in [3.05, 3.63) is 0 Å². The van der Waals surface area contributed by atoms with E-state index in [1.54, 1.807) is 25.7 Å². The Morgan fingerprint density at radius 2 is 2.00 bits per heavy atom. The van der Waals surface area contributed by atoms with Crippen LogP contribution in [-0.4, -0.2) is 75.5 Å². The second kappa shape index (κ2) is 6.04. The van der Waals surface area contributed by atoms with E-state index in [-0.39, 0.29) is 19.1 Å². The summed E-state index contributed by atoms with van der Waals surface area (Å²) in [4.78, 5) is 27.6. The quantitative estimate of drug-likeness (QED) is 0.767. The Bertz CT molecular complexity index is 448. The summed E-state index contributed by atoms with van der Waals surface area (Å²) in [6, 6.07) is -0.518. The zero-order valence-electron chi connectivity index (χ0n) is 13.5. The van der Waals surface area contributed by atoms with Crippen molar-refractivity contribution >= 4 is 12.0 Å². The smallest absolute Gasteiger partial charge is 0.410 e. The van der Waals surface area contributed by atoms with Gasteiger partial charge in [-0.2, -0.15) is 0 Å². The first-order valence-electron chi connectivity index (χ1n) is 7.77. The van der Waals surface area contributed by atoms with E-state index in [4.69, 9.17) is 4.74 Å². The van der Waals surface area contributed by atoms with Gasteiger partial charge >= 0.3 is 6.09 Å². The molecule has 2 rings (SSSR count). The zero-order chi connectivity index (χ0) is 16.5. The number of hydrogen-bond donors (Lipinski definition) is 2. The molecule has 2 fully saturated rings. The fourth-order valence-electron chi connectivity index (χ4n) is 2.82. The summed E-state index contributed by atoms with van der Waals surface area (Å²) < 4.78 is 5.30. The third-order valence-corrected chi connectivity index (χ3v) is 4.09. The lowest BCUT2D eigenvalue weighted by molar-refractivity contribution is -0.150. The van der Waals surface area contributed by atoms with Gasteiger partial charge in [0.2, 0.25) is 5.91 Å². The Hall–Kier alpha value is -1.34. The van der Waals surface area contributed by atoms with E-state index in [1.165, 1.54) is 4.90 Å². The van der Waals surface area contributed by atoms with E-state index >= 15 is 0 Å². The highest BCUT2D eigenvalue weighted by Gasteiger charge is 2.44. The molecule has 126 valence electrons. The second-order valence-corrected chi connectivity index (χ2v) is 7.22. The molecule has 0 unspecified atom stereocenters. The van der Waals surface area contributed by atoms with Gasteiger partial charge in [0.25, 0.3) is 0 Å². The van der Waals surface area contributed by atoms with E-state index in [1.807, 2.05) is 0 Å². The molecule has 0 aromatic rings. The molecule has 2 N–H and O–H groups in total. The van der Waals surface area contributed by atoms with Gasteiger partial charge in [-0.1, -0.05) is 0 Å². The number of ether oxygens (including phenoxy) is 1. The lowest BCUT2D eigenvalue weighted by Crippen LogP contribution is -2.62. The van der Waals surface area contributed by atoms with Gasteiger partial charge in [0, 0.05) is 13.1 Å². The van der Waals surface area contributed by atoms with Gasteiger partial charge in [0.15, 0.2) is 0 Å². The molecular formula is C15H26N2O5. The summed E-state index contributed by atoms with van der Waals surface area (Å²) >= 11 is 0. The van der Waals surface area contributed by atoms with Gasteiger partial charge in [-0.3, -0.25) is 9.69 Å². The first kappa shape index (κ1) is 17.0. The third-order valence-electron chi connectivity index (χ3n) is 4.09. The van der Waals surface area contributed by atoms with Crippen molar-refractivity contribution in [3.63, 3.8) is 0 Å². The fourth-order valence-corrected chi connectivity index (χ4v) is 2.82. The maximum absolute atomic E-state index is 12.5. The van der Waals surface area contributed by atoms with Crippen LogP contribution in [0.1, 0.15) is 40.0 Å². The normalized spacial score (nSPS) is 29.0. The molecule has 0 radical (unpaired) electrons. The highest BCUT2D eigenvalue weighted by Crippen LogP contribution is 2.26. The maximum atomic E-state index is 12.5. The summed E-state index contributed by atoms with van der Waals surface area (Å²) in [5.74, 6) is -0.177. The number of rotatable bonds is 2. The predicted octanol–water partition coefficient (Wildman–Crippen LogP) is 0.342. The molecular weight excluding hydrogens is 288 g/mol. The molecule has 0 saturated carbocycles. The van der Waals surface area contributed by atoms with Crippen LogP contribution >= 0.6 is 0 Å². The average Bonchev–Trinajstić information content (AvgIpc) is 2.35. The number of β-amino-alcohol motifs (C(OH)–C–C–N with tert-alkyl or cyclic N) is 1. The van der Waals surface area contributed by atoms with Crippen LogP contribution in [-0.2, 0) is 9.53 Å². The van der Waals surface area contributed by atoms with E-state index < -0.39 is 23.3 Å². The minimum atomic E-state index is -1.23. The lowest BCUT2D eigenvalue weighted by Gasteiger charge is -2.45. The predicted molar refractivity (Wildman–Crippen MR) is 79.2 cm³/mol. The Labute approximate surface area is 130 Å². The molecule has 22 heavy (non-hydrogen) atoms. The highest BCUT2D eigenvalue weighted by atomic mass is 16.6. The van der Waals surface area contributed by atoms with Crippen molar-refractivity contribution in [2.24, 2.45) is 0 Å². The van der Waals surface area contributed by atoms with Crippen LogP contribution < -0.4 is 0 Å². The molecule has 2 saturated heterocycles. The first-order valence-corrected chi connectivity index (χ1v) is 7.77. The number of piperidine rings is 1. The van der Waals surface area contributed by atoms with Crippen LogP contribution in [0.5, 0.6) is 0 Å². The molecule has 7 heteroatoms. The van der Waals surface area contributed by atoms with Gasteiger partial charge in [-0.25, -0.2) is 4.79 Å². The summed E-state index contributed by atoms with van der Waals surface area (Å²) in [5.41, 5.74) is -1.82. The second-order valence-electron chi connectivity index (χ2n) is 7.22. The first-order chi connectivity index (χ1) is 10.2. The topological polar surface area (TPSA) is 90.3 Å². The fraction of sp³-hybridized carbons (Fsp3) is 0.867. The number of amides is 2. The van der Waals surface area contributed by atoms with Gasteiger partial charge in [0.1, 0.15) is 17.2 Å². The largest absolute Gasteiger partial charge is 0.444 e. The van der Waals surface area contributed by atoms with Crippen LogP contribution in [0.25, 0.3) is 0 Å². The molecule has 2 amide bonds. The third kappa shape index (κ3) is 3.70. The summed E-state index contributed by atoms with van der Waals surface area (Å²) in [6.07, 6.45) is 1.24. The number of nitrogens with zero attached hydrogens (tertiary/aromatic N) is 2. The summed E-state index contributed by atoms with van der Waals surface area (Å²) in [6.45, 7) is 6.15. The van der Waals surface area contributed by atoms with Crippen molar-refractivity contribution < 1.29 is 24.5 Å². The van der Waals surface area contributed by atoms with Crippen LogP contribution in [0.2, 0.25) is 0 Å². The van der Waals surface area contributed by atoms with Gasteiger partial charge in [-0.15, -0.1) is 0 Å². The van der Waals surface area contributed by atoms with Crippen molar-refractivity contribution in [1.82, 2.24) is 9.80 Å². The summed E-state index contributed by atoms with van der Waals surface area (Å²) in [5, 5.41) is 19.4. The van der Waals surface area contributed by atoms with E-state index in [0.717, 1.165) is 0 Å². The van der Waals surface area contributed by atoms with Gasteiger partial charge in [-0.05, 0) is 40.0 Å². The Balaban J connectivity index is 1.97. The SMILES string of the molecule is CC(C)(C)OC(=O)N1CC[C@@H]1C(=O)N1CCC[C@](O)(CO)C1. The van der Waals surface area contributed by atoms with Crippen LogP contribution in [0.3, 0.4) is 0 Å². The minimum Gasteiger partial charge on any atom is -0.444 e. The molecule has 2 atom stereocenters. The monoisotopic (exact) mass is 314 g/mol. The van der Waals surface area contributed by atoms with Crippen molar-refractivity contribution in [3.8, 4) is 0 Å². The standard InChI is InChI=1S/C15H26N2O5/c1-14(2,3)22-13(20)17-8-5-11(17)12(19)16-7-4-6-15(21,9-16)10-18/h11,18,21H,4-10H2,1-3H3/t11-,15-/m1/s1. The highest BCUT2D eigenvalue weighted by molar-refractivity contribution is 5.87. The number of carbonyl (C=O) groups excluding carboxylic acids is 2. The number of aliphatic hydroxyl groups is 2. The molecule has 0 bridgehead atoms. The van der Waals surface area contributed by atoms with Crippen LogP contribution in [0.4, 0.5) is 4.79 Å². The average molecular weight is 314 g/mol. The van der Waals surface area contributed by atoms with Gasteiger partial charge < -0.3 is 19.8 Å². The van der Waals surface area contributed by atoms with Crippen LogP contribution in [0, 0.1) is 0 Å². The molecule has 7 nitrogen and oxygen atoms in total. The van der Waals surface area contributed by atoms with Crippen molar-refractivity contribution in [2.75, 3.05) is 26.2 Å². The lowest BCUT2D eigenvalue weighted by atomic mass is 9.92. The molecule has 0 aliphatic carbocycles. The number of aliphatic hydroxyl groups excluding tert-OH is 1. The Morgan fingerprint density at radius 1 is 1.32 bits per heavy atom. The van der Waals surface area contributed by atoms with Crippen molar-refractivity contribution in [2.45, 2.75) is 57.3 Å². The number of likely N-dealkylation sites (tertiary alicyclic amines) is 2. The molecule has 0 aromatic carbocycles. The Kier molecular flexibility index (Phi) is 4.67. The summed E-state index contributed by atoms with van der Waals surface area (Å²) in [7, 11) is 0. The number of carbonyl (C=O) groups is 2. The minimum absolute atomic E-state index is 0.112. The molecule has 2 heterocycles. The Morgan fingerprint density at radius 3 is 2.50 bits per heavy atom. The number of hydrogen-bond acceptors (Lipinski definition) is 5. The maximum Gasteiger partial charge on any atom is 0.410 e. The van der Waals surface area contributed by atoms with E-state index in [9.17, 15) is 19.8 Å². The van der Waals surface area contributed by atoms with Crippen molar-refractivity contribution in [1.29, 1.82) is 0 Å². The zero-order valence-corrected chi connectivity index (χ0v) is 13.5. The van der Waals surface area contributed by atoms with E-state index in [2.05, 4.69) is 0 Å². The molecule has 0 spiro atoms. The van der Waals surface area contributed by atoms with Crippen LogP contribution in [0.15, 0.2) is 0 Å². The molecule has 0 aromatic heterocycles. The molecule has 2 aliphatic rings.